The van der Waals surface area contributed by atoms with Gasteiger partial charge in [-0.1, -0.05) is 15.9 Å². The largest absolute Gasteiger partial charge is 0.487 e. The summed E-state index contributed by atoms with van der Waals surface area (Å²) < 4.78 is 7.74. The molecule has 0 saturated heterocycles. The van der Waals surface area contributed by atoms with Gasteiger partial charge >= 0.3 is 0 Å². The highest BCUT2D eigenvalue weighted by atomic mass is 79.9. The number of rotatable bonds is 1. The lowest BCUT2D eigenvalue weighted by atomic mass is 10.2. The van der Waals surface area contributed by atoms with Gasteiger partial charge in [0.15, 0.2) is 0 Å². The Hall–Kier alpha value is -0.0200. The van der Waals surface area contributed by atoms with Gasteiger partial charge in [-0.3, -0.25) is 0 Å². The molecule has 0 aliphatic carbocycles. The molecule has 0 bridgehead atoms. The zero-order valence-corrected chi connectivity index (χ0v) is 11.1. The molecule has 0 unspecified atom stereocenters. The Morgan fingerprint density at radius 3 is 2.31 bits per heavy atom. The van der Waals surface area contributed by atoms with Crippen molar-refractivity contribution < 1.29 is 4.74 Å². The van der Waals surface area contributed by atoms with Gasteiger partial charge in [0.1, 0.15) is 11.4 Å². The van der Waals surface area contributed by atoms with Crippen molar-refractivity contribution in [1.29, 1.82) is 0 Å². The Bertz CT molecular complexity index is 302. The van der Waals surface area contributed by atoms with Gasteiger partial charge in [-0.15, -0.1) is 0 Å². The summed E-state index contributed by atoms with van der Waals surface area (Å²) in [4.78, 5) is 0. The summed E-state index contributed by atoms with van der Waals surface area (Å²) >= 11 is 6.84. The summed E-state index contributed by atoms with van der Waals surface area (Å²) in [5.41, 5.74) is -0.163. The Morgan fingerprint density at radius 2 is 1.77 bits per heavy atom. The SMILES string of the molecule is CC(C)(C)Oc1cc(Br)ccc1Br. The first-order valence-electron chi connectivity index (χ1n) is 4.02. The number of benzene rings is 1. The predicted molar refractivity (Wildman–Crippen MR) is 62.2 cm³/mol. The minimum absolute atomic E-state index is 0.163. The smallest absolute Gasteiger partial charge is 0.135 e. The Morgan fingerprint density at radius 1 is 1.15 bits per heavy atom. The summed E-state index contributed by atoms with van der Waals surface area (Å²) in [5.74, 6) is 0.863. The first kappa shape index (κ1) is 11.1. The van der Waals surface area contributed by atoms with Crippen LogP contribution in [0.25, 0.3) is 0 Å². The van der Waals surface area contributed by atoms with Crippen molar-refractivity contribution >= 4 is 31.9 Å². The predicted octanol–water partition coefficient (Wildman–Crippen LogP) is 4.39. The lowest BCUT2D eigenvalue weighted by Gasteiger charge is -2.22. The molecule has 0 saturated carbocycles. The molecular weight excluding hydrogens is 296 g/mol. The molecule has 0 atom stereocenters. The summed E-state index contributed by atoms with van der Waals surface area (Å²) in [6.07, 6.45) is 0. The van der Waals surface area contributed by atoms with Crippen LogP contribution < -0.4 is 4.74 Å². The zero-order valence-electron chi connectivity index (χ0n) is 7.90. The maximum absolute atomic E-state index is 5.74. The Kier molecular flexibility index (Phi) is 3.41. The molecule has 0 amide bonds. The highest BCUT2D eigenvalue weighted by Gasteiger charge is 2.13. The molecule has 0 aromatic heterocycles. The standard InChI is InChI=1S/C10H12Br2O/c1-10(2,3)13-9-6-7(11)4-5-8(9)12/h4-6H,1-3H3. The molecule has 1 aromatic carbocycles. The maximum atomic E-state index is 5.74. The van der Waals surface area contributed by atoms with Crippen LogP contribution in [0.3, 0.4) is 0 Å². The van der Waals surface area contributed by atoms with Crippen LogP contribution in [0, 0.1) is 0 Å². The van der Waals surface area contributed by atoms with Crippen molar-refractivity contribution in [3.8, 4) is 5.75 Å². The molecule has 3 heteroatoms. The van der Waals surface area contributed by atoms with Gasteiger partial charge in [-0.2, -0.15) is 0 Å². The second kappa shape index (κ2) is 4.01. The average Bonchev–Trinajstić information content (AvgIpc) is 1.94. The van der Waals surface area contributed by atoms with Crippen LogP contribution in [0.1, 0.15) is 20.8 Å². The van der Waals surface area contributed by atoms with Gasteiger partial charge in [0.2, 0.25) is 0 Å². The van der Waals surface area contributed by atoms with E-state index in [2.05, 4.69) is 31.9 Å². The van der Waals surface area contributed by atoms with Crippen LogP contribution in [-0.4, -0.2) is 5.60 Å². The average molecular weight is 308 g/mol. The third kappa shape index (κ3) is 3.69. The van der Waals surface area contributed by atoms with E-state index in [1.165, 1.54) is 0 Å². The van der Waals surface area contributed by atoms with Gasteiger partial charge in [-0.25, -0.2) is 0 Å². The fourth-order valence-electron chi connectivity index (χ4n) is 0.885. The fraction of sp³-hybridized carbons (Fsp3) is 0.400. The Balaban J connectivity index is 2.94. The third-order valence-corrected chi connectivity index (χ3v) is 2.46. The lowest BCUT2D eigenvalue weighted by molar-refractivity contribution is 0.129. The molecule has 0 fully saturated rings. The summed E-state index contributed by atoms with van der Waals surface area (Å²) in [6, 6.07) is 5.89. The quantitative estimate of drug-likeness (QED) is 0.748. The molecule has 0 N–H and O–H groups in total. The molecule has 0 heterocycles. The minimum Gasteiger partial charge on any atom is -0.487 e. The van der Waals surface area contributed by atoms with Gasteiger partial charge in [0.25, 0.3) is 0 Å². The summed E-state index contributed by atoms with van der Waals surface area (Å²) in [7, 11) is 0. The van der Waals surface area contributed by atoms with E-state index in [4.69, 9.17) is 4.74 Å². The number of hydrogen-bond acceptors (Lipinski definition) is 1. The van der Waals surface area contributed by atoms with Crippen molar-refractivity contribution in [3.05, 3.63) is 27.1 Å². The second-order valence-corrected chi connectivity index (χ2v) is 5.56. The second-order valence-electron chi connectivity index (χ2n) is 3.79. The summed E-state index contributed by atoms with van der Waals surface area (Å²) in [6.45, 7) is 6.08. The molecule has 1 nitrogen and oxygen atoms in total. The molecule has 72 valence electrons. The first-order chi connectivity index (χ1) is 5.88. The van der Waals surface area contributed by atoms with Crippen molar-refractivity contribution in [1.82, 2.24) is 0 Å². The number of halogens is 2. The zero-order chi connectivity index (χ0) is 10.1. The molecule has 13 heavy (non-hydrogen) atoms. The van der Waals surface area contributed by atoms with E-state index in [9.17, 15) is 0 Å². The highest BCUT2D eigenvalue weighted by Crippen LogP contribution is 2.30. The molecule has 0 aliphatic heterocycles. The van der Waals surface area contributed by atoms with E-state index in [-0.39, 0.29) is 5.60 Å². The third-order valence-electron chi connectivity index (χ3n) is 1.31. The van der Waals surface area contributed by atoms with E-state index in [1.54, 1.807) is 0 Å². The van der Waals surface area contributed by atoms with Crippen LogP contribution in [0.5, 0.6) is 5.75 Å². The normalized spacial score (nSPS) is 11.5. The van der Waals surface area contributed by atoms with E-state index < -0.39 is 0 Å². The van der Waals surface area contributed by atoms with Crippen molar-refractivity contribution in [2.24, 2.45) is 0 Å². The fourth-order valence-corrected chi connectivity index (χ4v) is 1.55. The van der Waals surface area contributed by atoms with Crippen LogP contribution >= 0.6 is 31.9 Å². The topological polar surface area (TPSA) is 9.23 Å². The van der Waals surface area contributed by atoms with Crippen molar-refractivity contribution in [3.63, 3.8) is 0 Å². The van der Waals surface area contributed by atoms with Gasteiger partial charge < -0.3 is 4.74 Å². The minimum atomic E-state index is -0.163. The molecule has 1 aromatic rings. The lowest BCUT2D eigenvalue weighted by Crippen LogP contribution is -2.23. The monoisotopic (exact) mass is 306 g/mol. The molecule has 0 radical (unpaired) electrons. The molecule has 1 rings (SSSR count). The van der Waals surface area contributed by atoms with Crippen molar-refractivity contribution in [2.45, 2.75) is 26.4 Å². The molecule has 0 spiro atoms. The van der Waals surface area contributed by atoms with Gasteiger partial charge in [-0.05, 0) is 54.9 Å². The van der Waals surface area contributed by atoms with E-state index in [0.29, 0.717) is 0 Å². The molecule has 0 aliphatic rings. The van der Waals surface area contributed by atoms with E-state index in [1.807, 2.05) is 39.0 Å². The Labute approximate surface area is 95.7 Å². The van der Waals surface area contributed by atoms with Crippen LogP contribution in [0.2, 0.25) is 0 Å². The van der Waals surface area contributed by atoms with Crippen LogP contribution in [0.15, 0.2) is 27.1 Å². The van der Waals surface area contributed by atoms with Gasteiger partial charge in [0, 0.05) is 4.47 Å². The van der Waals surface area contributed by atoms with Crippen LogP contribution in [0.4, 0.5) is 0 Å². The summed E-state index contributed by atoms with van der Waals surface area (Å²) in [5, 5.41) is 0. The molecular formula is C10H12Br2O. The van der Waals surface area contributed by atoms with Crippen molar-refractivity contribution in [2.75, 3.05) is 0 Å². The van der Waals surface area contributed by atoms with Gasteiger partial charge in [0.05, 0.1) is 4.47 Å². The van der Waals surface area contributed by atoms with E-state index >= 15 is 0 Å². The number of ether oxygens (including phenoxy) is 1. The maximum Gasteiger partial charge on any atom is 0.135 e. The first-order valence-corrected chi connectivity index (χ1v) is 5.61. The number of hydrogen-bond donors (Lipinski definition) is 0. The highest BCUT2D eigenvalue weighted by molar-refractivity contribution is 9.11. The van der Waals surface area contributed by atoms with E-state index in [0.717, 1.165) is 14.7 Å². The van der Waals surface area contributed by atoms with Crippen LogP contribution in [-0.2, 0) is 0 Å².